The molecule has 0 radical (unpaired) electrons. The molecule has 1 amide bonds. The number of nitrogens with one attached hydrogen (secondary N) is 1. The number of amides is 1. The molecular weight excluding hydrogens is 408 g/mol. The zero-order valence-corrected chi connectivity index (χ0v) is 18.4. The Bertz CT molecular complexity index is 1060. The molecule has 1 fully saturated rings. The third-order valence-electron chi connectivity index (χ3n) is 5.61. The first kappa shape index (κ1) is 21.9. The van der Waals surface area contributed by atoms with Crippen LogP contribution in [-0.2, 0) is 10.0 Å². The van der Waals surface area contributed by atoms with E-state index in [1.807, 2.05) is 13.8 Å². The van der Waals surface area contributed by atoms with Gasteiger partial charge in [-0.1, -0.05) is 26.0 Å². The first-order chi connectivity index (χ1) is 14.0. The van der Waals surface area contributed by atoms with E-state index in [0.29, 0.717) is 22.8 Å². The van der Waals surface area contributed by atoms with E-state index in [1.165, 1.54) is 33.5 Å². The van der Waals surface area contributed by atoms with E-state index < -0.39 is 10.0 Å². The van der Waals surface area contributed by atoms with Crippen LogP contribution in [0.15, 0.2) is 41.3 Å². The summed E-state index contributed by atoms with van der Waals surface area (Å²) in [4.78, 5) is 13.1. The number of ether oxygens (including phenoxy) is 3. The molecule has 1 saturated carbocycles. The molecule has 3 N–H and O–H groups in total. The van der Waals surface area contributed by atoms with E-state index in [4.69, 9.17) is 19.3 Å². The summed E-state index contributed by atoms with van der Waals surface area (Å²) < 4.78 is 38.9. The Morgan fingerprint density at radius 3 is 2.17 bits per heavy atom. The fraction of sp³-hybridized carbons (Fsp3) is 0.381. The quantitative estimate of drug-likeness (QED) is 0.690. The van der Waals surface area contributed by atoms with Crippen LogP contribution in [0, 0.1) is 5.41 Å². The fourth-order valence-electron chi connectivity index (χ4n) is 3.84. The first-order valence-electron chi connectivity index (χ1n) is 9.28. The first-order valence-corrected chi connectivity index (χ1v) is 10.8. The van der Waals surface area contributed by atoms with Gasteiger partial charge in [0.1, 0.15) is 5.75 Å². The van der Waals surface area contributed by atoms with Gasteiger partial charge < -0.3 is 19.5 Å². The van der Waals surface area contributed by atoms with Crippen molar-refractivity contribution >= 4 is 15.9 Å². The fourth-order valence-corrected chi connectivity index (χ4v) is 4.35. The highest BCUT2D eigenvalue weighted by atomic mass is 32.2. The Kier molecular flexibility index (Phi) is 5.70. The van der Waals surface area contributed by atoms with Crippen molar-refractivity contribution in [2.45, 2.75) is 30.7 Å². The Balaban J connectivity index is 1.86. The zero-order chi connectivity index (χ0) is 22.3. The molecule has 0 unspecified atom stereocenters. The average Bonchev–Trinajstić information content (AvgIpc) is 3.25. The van der Waals surface area contributed by atoms with Crippen LogP contribution >= 0.6 is 0 Å². The van der Waals surface area contributed by atoms with Gasteiger partial charge in [0.05, 0.1) is 31.8 Å². The highest BCUT2D eigenvalue weighted by Crippen LogP contribution is 2.58. The minimum absolute atomic E-state index is 0.0227. The maximum absolute atomic E-state index is 13.1. The van der Waals surface area contributed by atoms with Gasteiger partial charge in [-0.2, -0.15) is 0 Å². The third kappa shape index (κ3) is 3.95. The summed E-state index contributed by atoms with van der Waals surface area (Å²) in [5, 5.41) is 8.23. The van der Waals surface area contributed by atoms with E-state index in [2.05, 4.69) is 5.32 Å². The molecule has 0 aliphatic heterocycles. The summed E-state index contributed by atoms with van der Waals surface area (Å²) in [6.07, 6.45) is 0. The summed E-state index contributed by atoms with van der Waals surface area (Å²) in [5.74, 6) is 0.902. The number of primary sulfonamides is 1. The van der Waals surface area contributed by atoms with Crippen LogP contribution in [0.4, 0.5) is 0 Å². The summed E-state index contributed by atoms with van der Waals surface area (Å²) in [6.45, 7) is 4.08. The number of rotatable bonds is 7. The lowest BCUT2D eigenvalue weighted by atomic mass is 10.0. The van der Waals surface area contributed by atoms with Crippen molar-refractivity contribution in [2.75, 3.05) is 21.3 Å². The van der Waals surface area contributed by atoms with Gasteiger partial charge in [0.2, 0.25) is 10.0 Å². The van der Waals surface area contributed by atoms with Crippen molar-refractivity contribution < 1.29 is 27.4 Å². The molecular formula is C21H26N2O6S. The van der Waals surface area contributed by atoms with Crippen LogP contribution in [0.2, 0.25) is 0 Å². The number of methoxy groups -OCH3 is 3. The molecule has 2 aromatic carbocycles. The maximum Gasteiger partial charge on any atom is 0.255 e. The van der Waals surface area contributed by atoms with E-state index in [0.717, 1.165) is 5.56 Å². The van der Waals surface area contributed by atoms with E-state index in [1.54, 1.807) is 24.3 Å². The number of hydrogen-bond acceptors (Lipinski definition) is 6. The summed E-state index contributed by atoms with van der Waals surface area (Å²) in [5.41, 5.74) is 1.02. The predicted molar refractivity (Wildman–Crippen MR) is 112 cm³/mol. The largest absolute Gasteiger partial charge is 0.497 e. The standard InChI is InChI=1S/C21H26N2O6S/c1-21(2)17(12-6-8-14(9-7-12)30(22,25)26)19(21)23-20(24)15-10-13(27-3)11-16(28-4)18(15)29-5/h6-11,17,19H,1-5H3,(H,23,24)(H2,22,25,26)/t17-,19-/m0/s1. The molecule has 0 spiro atoms. The average molecular weight is 435 g/mol. The summed E-state index contributed by atoms with van der Waals surface area (Å²) >= 11 is 0. The second kappa shape index (κ2) is 7.81. The predicted octanol–water partition coefficient (Wildman–Crippen LogP) is 2.28. The molecule has 0 bridgehead atoms. The molecule has 0 aromatic heterocycles. The number of sulfonamides is 1. The lowest BCUT2D eigenvalue weighted by Gasteiger charge is -2.15. The second-order valence-corrected chi connectivity index (χ2v) is 9.34. The van der Waals surface area contributed by atoms with Crippen molar-refractivity contribution in [1.82, 2.24) is 5.32 Å². The highest BCUT2D eigenvalue weighted by molar-refractivity contribution is 7.89. The molecule has 0 heterocycles. The minimum atomic E-state index is -3.75. The molecule has 1 aliphatic rings. The van der Waals surface area contributed by atoms with Crippen LogP contribution in [0.3, 0.4) is 0 Å². The Labute approximate surface area is 176 Å². The van der Waals surface area contributed by atoms with E-state index in [9.17, 15) is 13.2 Å². The van der Waals surface area contributed by atoms with Crippen molar-refractivity contribution in [3.05, 3.63) is 47.5 Å². The summed E-state index contributed by atoms with van der Waals surface area (Å²) in [6, 6.07) is 9.52. The Morgan fingerprint density at radius 1 is 1.03 bits per heavy atom. The van der Waals surface area contributed by atoms with Gasteiger partial charge in [-0.3, -0.25) is 4.79 Å². The molecule has 30 heavy (non-hydrogen) atoms. The molecule has 3 rings (SSSR count). The third-order valence-corrected chi connectivity index (χ3v) is 6.54. The lowest BCUT2D eigenvalue weighted by Crippen LogP contribution is -2.29. The number of benzene rings is 2. The van der Waals surface area contributed by atoms with E-state index >= 15 is 0 Å². The van der Waals surface area contributed by atoms with Gasteiger partial charge in [-0.25, -0.2) is 13.6 Å². The van der Waals surface area contributed by atoms with E-state index in [-0.39, 0.29) is 28.2 Å². The van der Waals surface area contributed by atoms with Crippen molar-refractivity contribution in [3.8, 4) is 17.2 Å². The lowest BCUT2D eigenvalue weighted by molar-refractivity contribution is 0.0941. The van der Waals surface area contributed by atoms with Crippen LogP contribution < -0.4 is 24.7 Å². The maximum atomic E-state index is 13.1. The van der Waals surface area contributed by atoms with Crippen molar-refractivity contribution in [3.63, 3.8) is 0 Å². The number of carbonyl (C=O) groups is 1. The highest BCUT2D eigenvalue weighted by Gasteiger charge is 2.59. The van der Waals surface area contributed by atoms with Crippen LogP contribution in [0.25, 0.3) is 0 Å². The van der Waals surface area contributed by atoms with Crippen LogP contribution in [0.1, 0.15) is 35.7 Å². The normalized spacial score (nSPS) is 19.7. The number of hydrogen-bond donors (Lipinski definition) is 2. The molecule has 0 saturated heterocycles. The van der Waals surface area contributed by atoms with Gasteiger partial charge in [-0.05, 0) is 29.2 Å². The Hall–Kier alpha value is -2.78. The SMILES string of the molecule is COc1cc(OC)c(OC)c(C(=O)N[C@H]2[C@H](c3ccc(S(N)(=O)=O)cc3)C2(C)C)c1. The molecule has 8 nitrogen and oxygen atoms in total. The number of carbonyl (C=O) groups excluding carboxylic acids is 1. The van der Waals surface area contributed by atoms with Crippen LogP contribution in [-0.4, -0.2) is 41.7 Å². The second-order valence-electron chi connectivity index (χ2n) is 7.77. The zero-order valence-electron chi connectivity index (χ0n) is 17.6. The molecule has 9 heteroatoms. The molecule has 2 atom stereocenters. The topological polar surface area (TPSA) is 117 Å². The van der Waals surface area contributed by atoms with Gasteiger partial charge in [0.15, 0.2) is 11.5 Å². The molecule has 2 aromatic rings. The smallest absolute Gasteiger partial charge is 0.255 e. The van der Waals surface area contributed by atoms with Crippen molar-refractivity contribution in [1.29, 1.82) is 0 Å². The van der Waals surface area contributed by atoms with Gasteiger partial charge in [0.25, 0.3) is 5.91 Å². The minimum Gasteiger partial charge on any atom is -0.497 e. The molecule has 1 aliphatic carbocycles. The molecule has 162 valence electrons. The van der Waals surface area contributed by atoms with Gasteiger partial charge in [-0.15, -0.1) is 0 Å². The van der Waals surface area contributed by atoms with Gasteiger partial charge in [0, 0.05) is 18.0 Å². The van der Waals surface area contributed by atoms with Gasteiger partial charge >= 0.3 is 0 Å². The Morgan fingerprint density at radius 2 is 1.67 bits per heavy atom. The number of nitrogens with two attached hydrogens (primary N) is 1. The summed E-state index contributed by atoms with van der Waals surface area (Å²) in [7, 11) is 0.718. The van der Waals surface area contributed by atoms with Crippen LogP contribution in [0.5, 0.6) is 17.2 Å². The monoisotopic (exact) mass is 434 g/mol. The van der Waals surface area contributed by atoms with Crippen molar-refractivity contribution in [2.24, 2.45) is 10.6 Å².